The van der Waals surface area contributed by atoms with Crippen LogP contribution in [0.5, 0.6) is 0 Å². The lowest BCUT2D eigenvalue weighted by atomic mass is 10.3. The summed E-state index contributed by atoms with van der Waals surface area (Å²) in [6.07, 6.45) is 3.80. The van der Waals surface area contributed by atoms with E-state index in [2.05, 4.69) is 34.0 Å². The third kappa shape index (κ3) is 2.10. The van der Waals surface area contributed by atoms with Crippen molar-refractivity contribution in [3.8, 4) is 0 Å². The van der Waals surface area contributed by atoms with E-state index in [9.17, 15) is 0 Å². The number of fused-ring (bicyclic) bond motifs is 1. The highest BCUT2D eigenvalue weighted by atomic mass is 79.9. The minimum atomic E-state index is 1.04. The van der Waals surface area contributed by atoms with E-state index < -0.39 is 0 Å². The molecule has 0 bridgehead atoms. The van der Waals surface area contributed by atoms with Crippen LogP contribution in [0.2, 0.25) is 0 Å². The van der Waals surface area contributed by atoms with E-state index in [0.717, 1.165) is 9.99 Å². The molecular formula is C10H13BrN2. The summed E-state index contributed by atoms with van der Waals surface area (Å²) in [6, 6.07) is 4.12. The second-order valence-corrected chi connectivity index (χ2v) is 3.38. The first kappa shape index (κ1) is 10.3. The van der Waals surface area contributed by atoms with Crippen LogP contribution >= 0.6 is 15.9 Å². The molecule has 0 unspecified atom stereocenters. The smallest absolute Gasteiger partial charge is 0.0804 e. The van der Waals surface area contributed by atoms with Gasteiger partial charge in [-0.3, -0.25) is 0 Å². The maximum atomic E-state index is 4.15. The lowest BCUT2D eigenvalue weighted by Gasteiger charge is -1.94. The molecule has 0 saturated heterocycles. The number of hydrogen-bond donors (Lipinski definition) is 0. The van der Waals surface area contributed by atoms with Gasteiger partial charge in [-0.05, 0) is 34.5 Å². The summed E-state index contributed by atoms with van der Waals surface area (Å²) in [5.41, 5.74) is 2.32. The van der Waals surface area contributed by atoms with E-state index in [1.807, 2.05) is 30.6 Å². The summed E-state index contributed by atoms with van der Waals surface area (Å²) in [5, 5.41) is 4.15. The average molecular weight is 241 g/mol. The Morgan fingerprint density at radius 2 is 2.00 bits per heavy atom. The topological polar surface area (TPSA) is 17.3 Å². The molecule has 0 aliphatic carbocycles. The Bertz CT molecular complexity index is 393. The predicted octanol–water partition coefficient (Wildman–Crippen LogP) is 3.43. The summed E-state index contributed by atoms with van der Waals surface area (Å²) in [5.74, 6) is 0. The maximum absolute atomic E-state index is 4.15. The normalized spacial score (nSPS) is 9.54. The van der Waals surface area contributed by atoms with Gasteiger partial charge in [0.2, 0.25) is 0 Å². The minimum Gasteiger partial charge on any atom is -0.240 e. The van der Waals surface area contributed by atoms with Gasteiger partial charge in [0.05, 0.1) is 16.2 Å². The van der Waals surface area contributed by atoms with Crippen LogP contribution in [-0.2, 0) is 0 Å². The Morgan fingerprint density at radius 1 is 1.31 bits per heavy atom. The first-order valence-corrected chi connectivity index (χ1v) is 5.16. The molecule has 0 atom stereocenters. The molecule has 0 aliphatic rings. The van der Waals surface area contributed by atoms with E-state index in [1.54, 1.807) is 6.20 Å². The van der Waals surface area contributed by atoms with Crippen molar-refractivity contribution in [2.24, 2.45) is 0 Å². The zero-order valence-corrected chi connectivity index (χ0v) is 9.67. The van der Waals surface area contributed by atoms with Gasteiger partial charge in [-0.15, -0.1) is 0 Å². The third-order valence-corrected chi connectivity index (χ3v) is 2.23. The molecule has 2 aromatic heterocycles. The van der Waals surface area contributed by atoms with Crippen molar-refractivity contribution in [1.82, 2.24) is 9.61 Å². The zero-order valence-electron chi connectivity index (χ0n) is 8.08. The van der Waals surface area contributed by atoms with Crippen molar-refractivity contribution in [2.75, 3.05) is 0 Å². The van der Waals surface area contributed by atoms with Gasteiger partial charge >= 0.3 is 0 Å². The van der Waals surface area contributed by atoms with Gasteiger partial charge < -0.3 is 0 Å². The first-order valence-electron chi connectivity index (χ1n) is 4.37. The van der Waals surface area contributed by atoms with Crippen molar-refractivity contribution in [1.29, 1.82) is 0 Å². The molecule has 0 saturated carbocycles. The Kier molecular flexibility index (Phi) is 3.48. The molecule has 13 heavy (non-hydrogen) atoms. The van der Waals surface area contributed by atoms with Crippen LogP contribution in [0.1, 0.15) is 19.4 Å². The Hall–Kier alpha value is -0.830. The van der Waals surface area contributed by atoms with Crippen molar-refractivity contribution >= 4 is 21.4 Å². The van der Waals surface area contributed by atoms with Crippen molar-refractivity contribution < 1.29 is 0 Å². The monoisotopic (exact) mass is 240 g/mol. The molecule has 0 N–H and O–H groups in total. The summed E-state index contributed by atoms with van der Waals surface area (Å²) < 4.78 is 2.90. The van der Waals surface area contributed by atoms with Gasteiger partial charge in [0.25, 0.3) is 0 Å². The van der Waals surface area contributed by atoms with Crippen molar-refractivity contribution in [3.63, 3.8) is 0 Å². The molecule has 2 heterocycles. The summed E-state index contributed by atoms with van der Waals surface area (Å²) in [7, 11) is 0. The van der Waals surface area contributed by atoms with E-state index in [0.29, 0.717) is 0 Å². The number of halogens is 1. The molecule has 0 aliphatic heterocycles. The molecule has 0 spiro atoms. The fourth-order valence-electron chi connectivity index (χ4n) is 1.06. The molecular weight excluding hydrogens is 228 g/mol. The second-order valence-electron chi connectivity index (χ2n) is 2.53. The molecule has 0 amide bonds. The minimum absolute atomic E-state index is 1.04. The van der Waals surface area contributed by atoms with E-state index >= 15 is 0 Å². The zero-order chi connectivity index (χ0) is 9.84. The van der Waals surface area contributed by atoms with Crippen molar-refractivity contribution in [3.05, 3.63) is 34.6 Å². The standard InChI is InChI=1S/C8H7BrN2.C2H6/c1-6-2-3-8-7(9)4-10-11(8)5-6;1-2/h2-5H,1H3;1-2H3. The highest BCUT2D eigenvalue weighted by molar-refractivity contribution is 9.10. The number of rotatable bonds is 0. The molecule has 0 radical (unpaired) electrons. The largest absolute Gasteiger partial charge is 0.240 e. The molecule has 0 fully saturated rings. The SMILES string of the molecule is CC.Cc1ccc2c(Br)cnn2c1. The fourth-order valence-corrected chi connectivity index (χ4v) is 1.46. The molecule has 2 rings (SSSR count). The summed E-state index contributed by atoms with van der Waals surface area (Å²) in [6.45, 7) is 6.05. The van der Waals surface area contributed by atoms with E-state index in [-0.39, 0.29) is 0 Å². The Morgan fingerprint density at radius 3 is 2.69 bits per heavy atom. The average Bonchev–Trinajstić information content (AvgIpc) is 2.51. The Labute approximate surface area is 86.7 Å². The second kappa shape index (κ2) is 4.42. The van der Waals surface area contributed by atoms with Crippen LogP contribution in [0.4, 0.5) is 0 Å². The van der Waals surface area contributed by atoms with Crippen LogP contribution in [0, 0.1) is 6.92 Å². The van der Waals surface area contributed by atoms with Crippen LogP contribution in [0.3, 0.4) is 0 Å². The first-order chi connectivity index (χ1) is 6.27. The van der Waals surface area contributed by atoms with Crippen molar-refractivity contribution in [2.45, 2.75) is 20.8 Å². The number of pyridine rings is 1. The maximum Gasteiger partial charge on any atom is 0.0804 e. The molecule has 3 heteroatoms. The van der Waals surface area contributed by atoms with E-state index in [1.165, 1.54) is 5.56 Å². The fraction of sp³-hybridized carbons (Fsp3) is 0.300. The highest BCUT2D eigenvalue weighted by Gasteiger charge is 1.98. The quantitative estimate of drug-likeness (QED) is 0.690. The van der Waals surface area contributed by atoms with Crippen LogP contribution in [0.25, 0.3) is 5.52 Å². The summed E-state index contributed by atoms with van der Waals surface area (Å²) >= 11 is 3.41. The van der Waals surface area contributed by atoms with Gasteiger partial charge in [-0.2, -0.15) is 5.10 Å². The Balaban J connectivity index is 0.000000396. The number of aromatic nitrogens is 2. The predicted molar refractivity (Wildman–Crippen MR) is 59.0 cm³/mol. The molecule has 2 nitrogen and oxygen atoms in total. The molecule has 2 aromatic rings. The third-order valence-electron chi connectivity index (χ3n) is 1.62. The lowest BCUT2D eigenvalue weighted by Crippen LogP contribution is -1.86. The van der Waals surface area contributed by atoms with Gasteiger partial charge in [0, 0.05) is 6.20 Å². The van der Waals surface area contributed by atoms with Gasteiger partial charge in [-0.25, -0.2) is 4.52 Å². The highest BCUT2D eigenvalue weighted by Crippen LogP contribution is 2.16. The summed E-state index contributed by atoms with van der Waals surface area (Å²) in [4.78, 5) is 0. The number of nitrogens with zero attached hydrogens (tertiary/aromatic N) is 2. The number of hydrogen-bond acceptors (Lipinski definition) is 1. The van der Waals surface area contributed by atoms with Crippen LogP contribution in [-0.4, -0.2) is 9.61 Å². The van der Waals surface area contributed by atoms with Gasteiger partial charge in [-0.1, -0.05) is 19.9 Å². The lowest BCUT2D eigenvalue weighted by molar-refractivity contribution is 0.952. The van der Waals surface area contributed by atoms with Crippen LogP contribution < -0.4 is 0 Å². The molecule has 0 aromatic carbocycles. The van der Waals surface area contributed by atoms with Crippen LogP contribution in [0.15, 0.2) is 29.0 Å². The van der Waals surface area contributed by atoms with E-state index in [4.69, 9.17) is 0 Å². The van der Waals surface area contributed by atoms with Gasteiger partial charge in [0.15, 0.2) is 0 Å². The van der Waals surface area contributed by atoms with Gasteiger partial charge in [0.1, 0.15) is 0 Å². The molecule has 70 valence electrons. The number of aryl methyl sites for hydroxylation is 1.